The first-order valence-corrected chi connectivity index (χ1v) is 11.3. The molecule has 0 radical (unpaired) electrons. The van der Waals surface area contributed by atoms with Crippen LogP contribution in [0.2, 0.25) is 0 Å². The number of fused-ring (bicyclic) bond motifs is 1. The van der Waals surface area contributed by atoms with E-state index >= 15 is 0 Å². The number of hydrogen-bond acceptors (Lipinski definition) is 5. The minimum absolute atomic E-state index is 0.0322. The number of nitrogens with zero attached hydrogens (tertiary/aromatic N) is 2. The van der Waals surface area contributed by atoms with Gasteiger partial charge in [-0.2, -0.15) is 0 Å². The van der Waals surface area contributed by atoms with Crippen molar-refractivity contribution in [3.05, 3.63) is 40.2 Å². The average Bonchev–Trinajstić information content (AvgIpc) is 2.82. The summed E-state index contributed by atoms with van der Waals surface area (Å²) in [5.41, 5.74) is 1.70. The second-order valence-electron chi connectivity index (χ2n) is 8.68. The molecule has 2 aromatic rings. The molecule has 31 heavy (non-hydrogen) atoms. The molecule has 6 nitrogen and oxygen atoms in total. The van der Waals surface area contributed by atoms with Crippen molar-refractivity contribution in [1.29, 1.82) is 0 Å². The summed E-state index contributed by atoms with van der Waals surface area (Å²) in [7, 11) is 1.62. The van der Waals surface area contributed by atoms with E-state index in [0.717, 1.165) is 49.3 Å². The van der Waals surface area contributed by atoms with Gasteiger partial charge < -0.3 is 14.8 Å². The molecule has 1 aliphatic carbocycles. The van der Waals surface area contributed by atoms with E-state index in [1.807, 2.05) is 24.3 Å². The van der Waals surface area contributed by atoms with Crippen molar-refractivity contribution in [3.8, 4) is 18.1 Å². The van der Waals surface area contributed by atoms with E-state index in [1.165, 1.54) is 32.1 Å². The highest BCUT2D eigenvalue weighted by molar-refractivity contribution is 5.81. The molecule has 0 amide bonds. The van der Waals surface area contributed by atoms with Gasteiger partial charge in [-0.05, 0) is 36.4 Å². The molecule has 1 aliphatic heterocycles. The van der Waals surface area contributed by atoms with Crippen LogP contribution in [0.15, 0.2) is 29.1 Å². The lowest BCUT2D eigenvalue weighted by Gasteiger charge is -2.48. The lowest BCUT2D eigenvalue weighted by atomic mass is 9.79. The standard InChI is InChI=1S/C25H33N3O3/c1-3-11-28-23-17-22(30-2)8-7-20(23)16-21(24(28)29)18-26-19-25(9-5-4-6-10-25)27-12-14-31-15-13-27/h1,7-8,16-17,26H,4-6,9-15,18-19H2,2H3. The second-order valence-corrected chi connectivity index (χ2v) is 8.68. The van der Waals surface area contributed by atoms with Gasteiger partial charge in [-0.1, -0.05) is 25.2 Å². The number of benzene rings is 1. The van der Waals surface area contributed by atoms with Gasteiger partial charge in [-0.15, -0.1) is 6.42 Å². The Hall–Kier alpha value is -2.33. The zero-order valence-corrected chi connectivity index (χ0v) is 18.5. The summed E-state index contributed by atoms with van der Waals surface area (Å²) in [5, 5.41) is 4.63. The summed E-state index contributed by atoms with van der Waals surface area (Å²) in [6.45, 7) is 5.29. The number of morpholine rings is 1. The van der Waals surface area contributed by atoms with E-state index in [4.69, 9.17) is 15.9 Å². The Balaban J connectivity index is 1.56. The molecule has 0 spiro atoms. The number of methoxy groups -OCH3 is 1. The van der Waals surface area contributed by atoms with E-state index in [9.17, 15) is 4.79 Å². The third kappa shape index (κ3) is 4.64. The molecule has 0 unspecified atom stereocenters. The van der Waals surface area contributed by atoms with Crippen molar-refractivity contribution in [1.82, 2.24) is 14.8 Å². The maximum atomic E-state index is 13.2. The summed E-state index contributed by atoms with van der Waals surface area (Å²) >= 11 is 0. The smallest absolute Gasteiger partial charge is 0.256 e. The molecule has 2 fully saturated rings. The van der Waals surface area contributed by atoms with Crippen molar-refractivity contribution in [3.63, 3.8) is 0 Å². The lowest BCUT2D eigenvalue weighted by Crippen LogP contribution is -2.59. The minimum Gasteiger partial charge on any atom is -0.497 e. The van der Waals surface area contributed by atoms with E-state index < -0.39 is 0 Å². The zero-order valence-electron chi connectivity index (χ0n) is 18.5. The number of aromatic nitrogens is 1. The van der Waals surface area contributed by atoms with Crippen LogP contribution in [0.1, 0.15) is 37.7 Å². The molecule has 0 bridgehead atoms. The molecule has 166 valence electrons. The number of pyridine rings is 1. The van der Waals surface area contributed by atoms with Crippen LogP contribution in [0.4, 0.5) is 0 Å². The van der Waals surface area contributed by atoms with Gasteiger partial charge in [0.1, 0.15) is 5.75 Å². The fourth-order valence-corrected chi connectivity index (χ4v) is 5.20. The second kappa shape index (κ2) is 9.86. The molecule has 6 heteroatoms. The molecule has 1 saturated heterocycles. The number of hydrogen-bond donors (Lipinski definition) is 1. The third-order valence-corrected chi connectivity index (χ3v) is 6.86. The quantitative estimate of drug-likeness (QED) is 0.694. The van der Waals surface area contributed by atoms with Crippen LogP contribution in [0.25, 0.3) is 10.9 Å². The molecule has 1 aromatic heterocycles. The fourth-order valence-electron chi connectivity index (χ4n) is 5.20. The first-order chi connectivity index (χ1) is 15.2. The van der Waals surface area contributed by atoms with Gasteiger partial charge in [0.2, 0.25) is 0 Å². The molecular weight excluding hydrogens is 390 g/mol. The van der Waals surface area contributed by atoms with Gasteiger partial charge in [0.15, 0.2) is 0 Å². The Morgan fingerprint density at radius 2 is 1.97 bits per heavy atom. The molecule has 2 heterocycles. The molecule has 0 atom stereocenters. The molecule has 1 aromatic carbocycles. The molecule has 2 aliphatic rings. The van der Waals surface area contributed by atoms with Crippen LogP contribution in [-0.2, 0) is 17.8 Å². The third-order valence-electron chi connectivity index (χ3n) is 6.86. The van der Waals surface area contributed by atoms with Crippen molar-refractivity contribution >= 4 is 10.9 Å². The largest absolute Gasteiger partial charge is 0.497 e. The predicted molar refractivity (Wildman–Crippen MR) is 124 cm³/mol. The van der Waals surface area contributed by atoms with Crippen LogP contribution in [0, 0.1) is 12.3 Å². The highest BCUT2D eigenvalue weighted by atomic mass is 16.5. The van der Waals surface area contributed by atoms with Crippen molar-refractivity contribution in [2.24, 2.45) is 0 Å². The number of rotatable bonds is 7. The normalized spacial score (nSPS) is 19.2. The minimum atomic E-state index is -0.0322. The first kappa shape index (κ1) is 21.9. The summed E-state index contributed by atoms with van der Waals surface area (Å²) in [6.07, 6.45) is 11.8. The van der Waals surface area contributed by atoms with Crippen LogP contribution in [0.5, 0.6) is 5.75 Å². The fraction of sp³-hybridized carbons (Fsp3) is 0.560. The highest BCUT2D eigenvalue weighted by Gasteiger charge is 2.38. The van der Waals surface area contributed by atoms with E-state index in [1.54, 1.807) is 11.7 Å². The van der Waals surface area contributed by atoms with Gasteiger partial charge in [-0.3, -0.25) is 14.3 Å². The predicted octanol–water partition coefficient (Wildman–Crippen LogP) is 2.77. The number of nitrogens with one attached hydrogen (secondary N) is 1. The van der Waals surface area contributed by atoms with E-state index in [2.05, 4.69) is 16.1 Å². The lowest BCUT2D eigenvalue weighted by molar-refractivity contribution is -0.0369. The number of ether oxygens (including phenoxy) is 2. The summed E-state index contributed by atoms with van der Waals surface area (Å²) in [6, 6.07) is 7.76. The van der Waals surface area contributed by atoms with Gasteiger partial charge in [0.05, 0.1) is 32.4 Å². The van der Waals surface area contributed by atoms with Crippen LogP contribution >= 0.6 is 0 Å². The summed E-state index contributed by atoms with van der Waals surface area (Å²) in [5.74, 6) is 3.34. The summed E-state index contributed by atoms with van der Waals surface area (Å²) < 4.78 is 12.6. The Morgan fingerprint density at radius 1 is 1.19 bits per heavy atom. The zero-order chi connectivity index (χ0) is 21.7. The SMILES string of the molecule is C#CCn1c(=O)c(CNCC2(N3CCOCC3)CCCCC2)cc2ccc(OC)cc21. The van der Waals surface area contributed by atoms with Gasteiger partial charge in [-0.25, -0.2) is 0 Å². The van der Waals surface area contributed by atoms with Crippen molar-refractivity contribution in [2.75, 3.05) is 40.0 Å². The Bertz CT molecular complexity index is 995. The highest BCUT2D eigenvalue weighted by Crippen LogP contribution is 2.34. The van der Waals surface area contributed by atoms with Crippen LogP contribution < -0.4 is 15.6 Å². The van der Waals surface area contributed by atoms with Gasteiger partial charge >= 0.3 is 0 Å². The molecule has 1 saturated carbocycles. The Morgan fingerprint density at radius 3 is 2.68 bits per heavy atom. The maximum absolute atomic E-state index is 13.2. The molecule has 1 N–H and O–H groups in total. The average molecular weight is 424 g/mol. The monoisotopic (exact) mass is 423 g/mol. The maximum Gasteiger partial charge on any atom is 0.256 e. The Labute approximate surface area is 184 Å². The van der Waals surface area contributed by atoms with E-state index in [-0.39, 0.29) is 17.6 Å². The van der Waals surface area contributed by atoms with Gasteiger partial charge in [0, 0.05) is 43.3 Å². The van der Waals surface area contributed by atoms with Crippen molar-refractivity contribution < 1.29 is 9.47 Å². The van der Waals surface area contributed by atoms with Crippen molar-refractivity contribution in [2.45, 2.75) is 50.7 Å². The topological polar surface area (TPSA) is 55.7 Å². The Kier molecular flexibility index (Phi) is 6.96. The van der Waals surface area contributed by atoms with E-state index in [0.29, 0.717) is 12.3 Å². The first-order valence-electron chi connectivity index (χ1n) is 11.3. The van der Waals surface area contributed by atoms with Crippen LogP contribution in [-0.4, -0.2) is 55.0 Å². The van der Waals surface area contributed by atoms with Gasteiger partial charge in [0.25, 0.3) is 5.56 Å². The number of terminal acetylenes is 1. The summed E-state index contributed by atoms with van der Waals surface area (Å²) in [4.78, 5) is 15.8. The molecular formula is C25H33N3O3. The van der Waals surface area contributed by atoms with Crippen LogP contribution in [0.3, 0.4) is 0 Å². The molecule has 4 rings (SSSR count).